The molecular weight excluding hydrogens is 224 g/mol. The zero-order chi connectivity index (χ0) is 13.2. The van der Waals surface area contributed by atoms with E-state index in [1.807, 2.05) is 12.1 Å². The highest BCUT2D eigenvalue weighted by atomic mass is 16.5. The van der Waals surface area contributed by atoms with Crippen molar-refractivity contribution in [3.63, 3.8) is 0 Å². The van der Waals surface area contributed by atoms with Gasteiger partial charge in [-0.3, -0.25) is 4.90 Å². The minimum atomic E-state index is 0.0815. The summed E-state index contributed by atoms with van der Waals surface area (Å²) >= 11 is 0. The summed E-state index contributed by atoms with van der Waals surface area (Å²) in [5, 5.41) is 0. The molecule has 0 amide bonds. The number of methoxy groups -OCH3 is 1. The number of nitrogens with two attached hydrogens (primary N) is 1. The van der Waals surface area contributed by atoms with E-state index < -0.39 is 0 Å². The van der Waals surface area contributed by atoms with E-state index >= 15 is 0 Å². The largest absolute Gasteiger partial charge is 0.497 e. The van der Waals surface area contributed by atoms with E-state index in [9.17, 15) is 0 Å². The predicted molar refractivity (Wildman–Crippen MR) is 74.7 cm³/mol. The number of hydrogen-bond acceptors (Lipinski definition) is 3. The fraction of sp³-hybridized carbons (Fsp3) is 0.600. The molecule has 2 N–H and O–H groups in total. The van der Waals surface area contributed by atoms with E-state index in [2.05, 4.69) is 30.9 Å². The van der Waals surface area contributed by atoms with E-state index in [1.54, 1.807) is 7.11 Å². The van der Waals surface area contributed by atoms with Crippen LogP contribution in [0.5, 0.6) is 5.75 Å². The van der Waals surface area contributed by atoms with Crippen LogP contribution in [-0.4, -0.2) is 30.1 Å². The van der Waals surface area contributed by atoms with Crippen LogP contribution < -0.4 is 10.5 Å². The molecule has 0 aliphatic carbocycles. The molecule has 1 heterocycles. The number of piperidine rings is 1. The standard InChI is InChI=1S/C15H24N2O/c1-15(2)14(16)5-4-10-17(15)11-12-6-8-13(18-3)9-7-12/h6-9,14H,4-5,10-11,16H2,1-3H3. The van der Waals surface area contributed by atoms with Gasteiger partial charge in [0.15, 0.2) is 0 Å². The predicted octanol–water partition coefficient (Wildman–Crippen LogP) is 2.40. The zero-order valence-corrected chi connectivity index (χ0v) is 11.6. The summed E-state index contributed by atoms with van der Waals surface area (Å²) in [6.07, 6.45) is 2.33. The average Bonchev–Trinajstić information content (AvgIpc) is 2.36. The molecule has 1 fully saturated rings. The maximum absolute atomic E-state index is 6.24. The third-order valence-corrected chi connectivity index (χ3v) is 4.20. The second-order valence-corrected chi connectivity index (χ2v) is 5.67. The molecule has 1 saturated heterocycles. The van der Waals surface area contributed by atoms with Gasteiger partial charge in [0.1, 0.15) is 5.75 Å². The van der Waals surface area contributed by atoms with Gasteiger partial charge in [-0.1, -0.05) is 12.1 Å². The Morgan fingerprint density at radius 1 is 1.33 bits per heavy atom. The normalized spacial score (nSPS) is 23.9. The van der Waals surface area contributed by atoms with Gasteiger partial charge in [0.05, 0.1) is 7.11 Å². The Kier molecular flexibility index (Phi) is 3.93. The lowest BCUT2D eigenvalue weighted by molar-refractivity contribution is 0.0501. The summed E-state index contributed by atoms with van der Waals surface area (Å²) in [7, 11) is 1.70. The first-order valence-electron chi connectivity index (χ1n) is 6.67. The van der Waals surface area contributed by atoms with Crippen LogP contribution in [0.2, 0.25) is 0 Å². The summed E-state index contributed by atoms with van der Waals surface area (Å²) < 4.78 is 5.18. The number of benzene rings is 1. The lowest BCUT2D eigenvalue weighted by Gasteiger charge is -2.46. The van der Waals surface area contributed by atoms with Crippen LogP contribution in [-0.2, 0) is 6.54 Å². The van der Waals surface area contributed by atoms with Gasteiger partial charge in [0, 0.05) is 18.1 Å². The van der Waals surface area contributed by atoms with Crippen LogP contribution in [0.15, 0.2) is 24.3 Å². The molecule has 1 aromatic rings. The Labute approximate surface area is 110 Å². The van der Waals surface area contributed by atoms with Gasteiger partial charge in [-0.15, -0.1) is 0 Å². The minimum Gasteiger partial charge on any atom is -0.497 e. The molecule has 0 aromatic heterocycles. The molecule has 0 radical (unpaired) electrons. The van der Waals surface area contributed by atoms with Gasteiger partial charge in [-0.25, -0.2) is 0 Å². The molecule has 1 aliphatic rings. The molecular formula is C15H24N2O. The number of rotatable bonds is 3. The van der Waals surface area contributed by atoms with Gasteiger partial charge >= 0.3 is 0 Å². The Bertz CT molecular complexity index is 386. The second-order valence-electron chi connectivity index (χ2n) is 5.67. The topological polar surface area (TPSA) is 38.5 Å². The molecule has 1 aliphatic heterocycles. The molecule has 100 valence electrons. The Morgan fingerprint density at radius 3 is 2.61 bits per heavy atom. The number of hydrogen-bond donors (Lipinski definition) is 1. The van der Waals surface area contributed by atoms with Crippen LogP contribution in [0.4, 0.5) is 0 Å². The van der Waals surface area contributed by atoms with Gasteiger partial charge in [0.25, 0.3) is 0 Å². The molecule has 1 aromatic carbocycles. The molecule has 3 nitrogen and oxygen atoms in total. The fourth-order valence-electron chi connectivity index (χ4n) is 2.61. The van der Waals surface area contributed by atoms with Crippen molar-refractivity contribution in [3.05, 3.63) is 29.8 Å². The van der Waals surface area contributed by atoms with E-state index in [0.717, 1.165) is 25.3 Å². The quantitative estimate of drug-likeness (QED) is 0.892. The summed E-state index contributed by atoms with van der Waals surface area (Å²) in [5.74, 6) is 0.911. The summed E-state index contributed by atoms with van der Waals surface area (Å²) in [4.78, 5) is 2.49. The highest BCUT2D eigenvalue weighted by Crippen LogP contribution is 2.28. The lowest BCUT2D eigenvalue weighted by atomic mass is 9.85. The van der Waals surface area contributed by atoms with Crippen LogP contribution in [0.3, 0.4) is 0 Å². The SMILES string of the molecule is COc1ccc(CN2CCCC(N)C2(C)C)cc1. The zero-order valence-electron chi connectivity index (χ0n) is 11.6. The summed E-state index contributed by atoms with van der Waals surface area (Å²) in [6.45, 7) is 6.60. The summed E-state index contributed by atoms with van der Waals surface area (Å²) in [5.41, 5.74) is 7.64. The first kappa shape index (κ1) is 13.4. The number of nitrogens with zero attached hydrogens (tertiary/aromatic N) is 1. The van der Waals surface area contributed by atoms with Gasteiger partial charge in [-0.2, -0.15) is 0 Å². The van der Waals surface area contributed by atoms with Crippen molar-refractivity contribution in [3.8, 4) is 5.75 Å². The van der Waals surface area contributed by atoms with Crippen molar-refractivity contribution < 1.29 is 4.74 Å². The first-order valence-corrected chi connectivity index (χ1v) is 6.67. The highest BCUT2D eigenvalue weighted by Gasteiger charge is 2.35. The van der Waals surface area contributed by atoms with Crippen LogP contribution in [0.25, 0.3) is 0 Å². The average molecular weight is 248 g/mol. The number of likely N-dealkylation sites (tertiary alicyclic amines) is 1. The third kappa shape index (κ3) is 2.68. The lowest BCUT2D eigenvalue weighted by Crippen LogP contribution is -2.59. The van der Waals surface area contributed by atoms with Crippen LogP contribution in [0.1, 0.15) is 32.3 Å². The van der Waals surface area contributed by atoms with Crippen molar-refractivity contribution in [1.82, 2.24) is 4.90 Å². The number of ether oxygens (including phenoxy) is 1. The monoisotopic (exact) mass is 248 g/mol. The molecule has 0 bridgehead atoms. The van der Waals surface area contributed by atoms with E-state index in [4.69, 9.17) is 10.5 Å². The molecule has 2 rings (SSSR count). The summed E-state index contributed by atoms with van der Waals surface area (Å²) in [6, 6.07) is 8.58. The minimum absolute atomic E-state index is 0.0815. The maximum atomic E-state index is 6.24. The van der Waals surface area contributed by atoms with Crippen molar-refractivity contribution in [2.24, 2.45) is 5.73 Å². The van der Waals surface area contributed by atoms with E-state index in [1.165, 1.54) is 12.0 Å². The fourth-order valence-corrected chi connectivity index (χ4v) is 2.61. The molecule has 0 spiro atoms. The van der Waals surface area contributed by atoms with Crippen molar-refractivity contribution >= 4 is 0 Å². The first-order chi connectivity index (χ1) is 8.54. The van der Waals surface area contributed by atoms with Crippen molar-refractivity contribution in [1.29, 1.82) is 0 Å². The van der Waals surface area contributed by atoms with Gasteiger partial charge < -0.3 is 10.5 Å². The Morgan fingerprint density at radius 2 is 2.00 bits per heavy atom. The molecule has 1 atom stereocenters. The molecule has 18 heavy (non-hydrogen) atoms. The highest BCUT2D eigenvalue weighted by molar-refractivity contribution is 5.27. The molecule has 0 saturated carbocycles. The second kappa shape index (κ2) is 5.29. The molecule has 3 heteroatoms. The van der Waals surface area contributed by atoms with Crippen molar-refractivity contribution in [2.45, 2.75) is 44.8 Å². The Balaban J connectivity index is 2.07. The van der Waals surface area contributed by atoms with Crippen LogP contribution in [0, 0.1) is 0 Å². The molecule has 1 unspecified atom stereocenters. The smallest absolute Gasteiger partial charge is 0.118 e. The van der Waals surface area contributed by atoms with Crippen molar-refractivity contribution in [2.75, 3.05) is 13.7 Å². The van der Waals surface area contributed by atoms with Gasteiger partial charge in [0.2, 0.25) is 0 Å². The van der Waals surface area contributed by atoms with E-state index in [-0.39, 0.29) is 11.6 Å². The van der Waals surface area contributed by atoms with Gasteiger partial charge in [-0.05, 0) is 50.9 Å². The Hall–Kier alpha value is -1.06. The third-order valence-electron chi connectivity index (χ3n) is 4.20. The maximum Gasteiger partial charge on any atom is 0.118 e. The van der Waals surface area contributed by atoms with Crippen LogP contribution >= 0.6 is 0 Å². The van der Waals surface area contributed by atoms with E-state index in [0.29, 0.717) is 0 Å².